The second-order valence-electron chi connectivity index (χ2n) is 4.37. The summed E-state index contributed by atoms with van der Waals surface area (Å²) < 4.78 is 38.2. The van der Waals surface area contributed by atoms with E-state index in [0.717, 1.165) is 18.9 Å². The molecule has 0 bridgehead atoms. The monoisotopic (exact) mass is 275 g/mol. The molecule has 0 amide bonds. The van der Waals surface area contributed by atoms with E-state index >= 15 is 0 Å². The van der Waals surface area contributed by atoms with E-state index in [9.17, 15) is 13.2 Å². The number of alkyl halides is 3. The molecule has 0 aromatic carbocycles. The van der Waals surface area contributed by atoms with Gasteiger partial charge >= 0.3 is 6.18 Å². The number of pyridine rings is 1. The van der Waals surface area contributed by atoms with Crippen molar-refractivity contribution in [2.45, 2.75) is 39.4 Å². The number of hydrogen-bond acceptors (Lipinski definition) is 3. The Morgan fingerprint density at radius 3 is 2.16 bits per heavy atom. The first-order valence-electron chi connectivity index (χ1n) is 6.46. The average Bonchev–Trinajstić information content (AvgIpc) is 2.36. The molecule has 19 heavy (non-hydrogen) atoms. The Hall–Kier alpha value is -1.30. The Morgan fingerprint density at radius 2 is 1.74 bits per heavy atom. The first-order valence-corrected chi connectivity index (χ1v) is 6.46. The Labute approximate surface area is 111 Å². The number of hydrogen-bond donors (Lipinski definition) is 1. The third kappa shape index (κ3) is 4.09. The lowest BCUT2D eigenvalue weighted by atomic mass is 10.2. The van der Waals surface area contributed by atoms with E-state index in [1.807, 2.05) is 18.7 Å². The maximum absolute atomic E-state index is 12.7. The minimum absolute atomic E-state index is 0.185. The van der Waals surface area contributed by atoms with Gasteiger partial charge in [0.2, 0.25) is 0 Å². The molecule has 1 heterocycles. The highest BCUT2D eigenvalue weighted by Crippen LogP contribution is 2.30. The number of anilines is 1. The molecule has 1 aromatic heterocycles. The van der Waals surface area contributed by atoms with Gasteiger partial charge in [0.15, 0.2) is 0 Å². The van der Waals surface area contributed by atoms with Gasteiger partial charge in [0, 0.05) is 25.2 Å². The summed E-state index contributed by atoms with van der Waals surface area (Å²) in [6.45, 7) is 5.51. The minimum atomic E-state index is -4.42. The summed E-state index contributed by atoms with van der Waals surface area (Å²) in [5.41, 5.74) is 5.38. The number of aromatic nitrogens is 1. The van der Waals surface area contributed by atoms with Gasteiger partial charge in [0.25, 0.3) is 0 Å². The van der Waals surface area contributed by atoms with Crippen molar-refractivity contribution >= 4 is 5.82 Å². The fraction of sp³-hybridized carbons (Fsp3) is 0.615. The molecule has 1 aromatic rings. The highest BCUT2D eigenvalue weighted by molar-refractivity contribution is 5.48. The fourth-order valence-corrected chi connectivity index (χ4v) is 1.93. The topological polar surface area (TPSA) is 42.2 Å². The van der Waals surface area contributed by atoms with E-state index in [-0.39, 0.29) is 6.54 Å². The van der Waals surface area contributed by atoms with Gasteiger partial charge in [-0.3, -0.25) is 0 Å². The van der Waals surface area contributed by atoms with Crippen LogP contribution in [0.4, 0.5) is 19.0 Å². The SMILES string of the molecule is CCCN(CCC)c1nc(C(F)(F)F)ccc1CN. The Bertz CT molecular complexity index is 399. The molecule has 0 aliphatic carbocycles. The van der Waals surface area contributed by atoms with Crippen molar-refractivity contribution < 1.29 is 13.2 Å². The van der Waals surface area contributed by atoms with Crippen LogP contribution >= 0.6 is 0 Å². The molecule has 0 spiro atoms. The van der Waals surface area contributed by atoms with Crippen LogP contribution in [0.15, 0.2) is 12.1 Å². The first kappa shape index (κ1) is 15.8. The fourth-order valence-electron chi connectivity index (χ4n) is 1.93. The standard InChI is InChI=1S/C13H20F3N3/c1-3-7-19(8-4-2)12-10(9-17)5-6-11(18-12)13(14,15)16/h5-6H,3-4,7-9,17H2,1-2H3. The second kappa shape index (κ2) is 6.75. The van der Waals surface area contributed by atoms with Gasteiger partial charge in [-0.05, 0) is 18.9 Å². The first-order chi connectivity index (χ1) is 8.93. The maximum Gasteiger partial charge on any atom is 0.433 e. The van der Waals surface area contributed by atoms with Crippen LogP contribution < -0.4 is 10.6 Å². The molecular formula is C13H20F3N3. The van der Waals surface area contributed by atoms with Crippen LogP contribution in [0.25, 0.3) is 0 Å². The quantitative estimate of drug-likeness (QED) is 0.867. The van der Waals surface area contributed by atoms with E-state index < -0.39 is 11.9 Å². The molecular weight excluding hydrogens is 255 g/mol. The van der Waals surface area contributed by atoms with Crippen molar-refractivity contribution in [1.82, 2.24) is 4.98 Å². The molecule has 0 unspecified atom stereocenters. The van der Waals surface area contributed by atoms with Gasteiger partial charge in [0.1, 0.15) is 11.5 Å². The van der Waals surface area contributed by atoms with Crippen molar-refractivity contribution in [3.63, 3.8) is 0 Å². The number of nitrogens with two attached hydrogens (primary N) is 1. The van der Waals surface area contributed by atoms with Crippen molar-refractivity contribution in [1.29, 1.82) is 0 Å². The summed E-state index contributed by atoms with van der Waals surface area (Å²) in [7, 11) is 0. The average molecular weight is 275 g/mol. The highest BCUT2D eigenvalue weighted by Gasteiger charge is 2.33. The largest absolute Gasteiger partial charge is 0.433 e. The lowest BCUT2D eigenvalue weighted by molar-refractivity contribution is -0.141. The van der Waals surface area contributed by atoms with Crippen LogP contribution in [0.5, 0.6) is 0 Å². The van der Waals surface area contributed by atoms with Crippen molar-refractivity contribution in [2.24, 2.45) is 5.73 Å². The Balaban J connectivity index is 3.19. The lowest BCUT2D eigenvalue weighted by Gasteiger charge is -2.25. The Morgan fingerprint density at radius 1 is 1.16 bits per heavy atom. The summed E-state index contributed by atoms with van der Waals surface area (Å²) in [4.78, 5) is 5.65. The highest BCUT2D eigenvalue weighted by atomic mass is 19.4. The molecule has 0 aliphatic heterocycles. The zero-order valence-electron chi connectivity index (χ0n) is 11.3. The molecule has 0 saturated carbocycles. The minimum Gasteiger partial charge on any atom is -0.356 e. The van der Waals surface area contributed by atoms with Crippen molar-refractivity contribution in [3.8, 4) is 0 Å². The number of rotatable bonds is 6. The van der Waals surface area contributed by atoms with Gasteiger partial charge < -0.3 is 10.6 Å². The summed E-state index contributed by atoms with van der Waals surface area (Å²) >= 11 is 0. The normalized spacial score (nSPS) is 11.7. The van der Waals surface area contributed by atoms with Gasteiger partial charge in [-0.25, -0.2) is 4.98 Å². The zero-order chi connectivity index (χ0) is 14.5. The summed E-state index contributed by atoms with van der Waals surface area (Å²) in [6, 6.07) is 2.41. The van der Waals surface area contributed by atoms with Crippen LogP contribution in [-0.2, 0) is 12.7 Å². The van der Waals surface area contributed by atoms with Crippen LogP contribution in [-0.4, -0.2) is 18.1 Å². The summed E-state index contributed by atoms with van der Waals surface area (Å²) in [5, 5.41) is 0. The molecule has 0 fully saturated rings. The van der Waals surface area contributed by atoms with Crippen LogP contribution in [0.1, 0.15) is 37.9 Å². The molecule has 6 heteroatoms. The van der Waals surface area contributed by atoms with Gasteiger partial charge in [0.05, 0.1) is 0 Å². The molecule has 0 aliphatic rings. The van der Waals surface area contributed by atoms with Crippen LogP contribution in [0, 0.1) is 0 Å². The molecule has 3 nitrogen and oxygen atoms in total. The summed E-state index contributed by atoms with van der Waals surface area (Å²) in [5.74, 6) is 0.362. The van der Waals surface area contributed by atoms with E-state index in [1.165, 1.54) is 6.07 Å². The molecule has 0 atom stereocenters. The smallest absolute Gasteiger partial charge is 0.356 e. The number of halogens is 3. The predicted molar refractivity (Wildman–Crippen MR) is 69.9 cm³/mol. The van der Waals surface area contributed by atoms with Crippen LogP contribution in [0.3, 0.4) is 0 Å². The predicted octanol–water partition coefficient (Wildman–Crippen LogP) is 3.19. The van der Waals surface area contributed by atoms with Gasteiger partial charge in [-0.1, -0.05) is 19.9 Å². The van der Waals surface area contributed by atoms with Gasteiger partial charge in [-0.15, -0.1) is 0 Å². The maximum atomic E-state index is 12.7. The molecule has 0 saturated heterocycles. The van der Waals surface area contributed by atoms with Crippen LogP contribution in [0.2, 0.25) is 0 Å². The van der Waals surface area contributed by atoms with Crippen molar-refractivity contribution in [3.05, 3.63) is 23.4 Å². The summed E-state index contributed by atoms with van der Waals surface area (Å²) in [6.07, 6.45) is -2.73. The third-order valence-electron chi connectivity index (χ3n) is 2.75. The van der Waals surface area contributed by atoms with E-state index in [2.05, 4.69) is 4.98 Å². The van der Waals surface area contributed by atoms with Crippen molar-refractivity contribution in [2.75, 3.05) is 18.0 Å². The van der Waals surface area contributed by atoms with E-state index in [1.54, 1.807) is 0 Å². The van der Waals surface area contributed by atoms with Gasteiger partial charge in [-0.2, -0.15) is 13.2 Å². The molecule has 108 valence electrons. The second-order valence-corrected chi connectivity index (χ2v) is 4.37. The molecule has 0 radical (unpaired) electrons. The molecule has 1 rings (SSSR count). The lowest BCUT2D eigenvalue weighted by Crippen LogP contribution is -2.28. The third-order valence-corrected chi connectivity index (χ3v) is 2.75. The molecule has 2 N–H and O–H groups in total. The van der Waals surface area contributed by atoms with E-state index in [0.29, 0.717) is 24.5 Å². The Kier molecular flexibility index (Phi) is 5.60. The number of nitrogens with zero attached hydrogens (tertiary/aromatic N) is 2. The zero-order valence-corrected chi connectivity index (χ0v) is 11.3. The van der Waals surface area contributed by atoms with E-state index in [4.69, 9.17) is 5.73 Å².